The van der Waals surface area contributed by atoms with E-state index in [9.17, 15) is 4.79 Å². The number of benzene rings is 1. The Labute approximate surface area is 121 Å². The first-order valence-electron chi connectivity index (χ1n) is 6.62. The van der Waals surface area contributed by atoms with Crippen molar-refractivity contribution in [2.75, 3.05) is 26.8 Å². The van der Waals surface area contributed by atoms with Gasteiger partial charge in [-0.25, -0.2) is 4.79 Å². The topological polar surface area (TPSA) is 86.5 Å². The number of nitrogens with one attached hydrogen (secondary N) is 1. The van der Waals surface area contributed by atoms with E-state index in [4.69, 9.17) is 9.26 Å². The highest BCUT2D eigenvalue weighted by Gasteiger charge is 2.22. The van der Waals surface area contributed by atoms with Crippen LogP contribution < -0.4 is 5.32 Å². The number of rotatable bonds is 3. The van der Waals surface area contributed by atoms with E-state index in [2.05, 4.69) is 20.2 Å². The Morgan fingerprint density at radius 2 is 2.19 bits per heavy atom. The molecule has 21 heavy (non-hydrogen) atoms. The van der Waals surface area contributed by atoms with E-state index in [0.29, 0.717) is 30.4 Å². The van der Waals surface area contributed by atoms with Gasteiger partial charge in [-0.2, -0.15) is 4.98 Å². The highest BCUT2D eigenvalue weighted by molar-refractivity contribution is 5.89. The first-order valence-corrected chi connectivity index (χ1v) is 6.62. The van der Waals surface area contributed by atoms with Crippen LogP contribution in [-0.2, 0) is 9.47 Å². The van der Waals surface area contributed by atoms with Crippen LogP contribution in [0.3, 0.4) is 0 Å². The number of aromatic nitrogens is 2. The zero-order chi connectivity index (χ0) is 14.7. The molecule has 0 bridgehead atoms. The molecule has 1 aliphatic rings. The van der Waals surface area contributed by atoms with Crippen molar-refractivity contribution in [2.24, 2.45) is 0 Å². The lowest BCUT2D eigenvalue weighted by Gasteiger charge is -2.19. The van der Waals surface area contributed by atoms with E-state index in [1.165, 1.54) is 7.11 Å². The maximum absolute atomic E-state index is 11.4. The Bertz CT molecular complexity index is 617. The van der Waals surface area contributed by atoms with Gasteiger partial charge in [0.2, 0.25) is 5.82 Å². The summed E-state index contributed by atoms with van der Waals surface area (Å²) in [5.74, 6) is 0.543. The molecule has 7 nitrogen and oxygen atoms in total. The Kier molecular flexibility index (Phi) is 3.94. The van der Waals surface area contributed by atoms with Crippen molar-refractivity contribution in [3.63, 3.8) is 0 Å². The second-order valence-corrected chi connectivity index (χ2v) is 4.59. The molecule has 1 aromatic heterocycles. The van der Waals surface area contributed by atoms with Crippen molar-refractivity contribution in [2.45, 2.75) is 6.10 Å². The van der Waals surface area contributed by atoms with Crippen molar-refractivity contribution < 1.29 is 18.8 Å². The van der Waals surface area contributed by atoms with Crippen LogP contribution in [0.25, 0.3) is 11.4 Å². The summed E-state index contributed by atoms with van der Waals surface area (Å²) in [4.78, 5) is 15.7. The molecule has 1 saturated heterocycles. The fraction of sp³-hybridized carbons (Fsp3) is 0.357. The molecule has 2 aromatic rings. The number of nitrogens with zero attached hydrogens (tertiary/aromatic N) is 2. The van der Waals surface area contributed by atoms with E-state index in [1.54, 1.807) is 24.3 Å². The third kappa shape index (κ3) is 2.93. The van der Waals surface area contributed by atoms with Crippen molar-refractivity contribution in [1.29, 1.82) is 0 Å². The minimum atomic E-state index is -0.378. The zero-order valence-corrected chi connectivity index (χ0v) is 11.5. The van der Waals surface area contributed by atoms with E-state index < -0.39 is 0 Å². The van der Waals surface area contributed by atoms with Crippen molar-refractivity contribution in [1.82, 2.24) is 15.5 Å². The minimum absolute atomic E-state index is 0.214. The molecule has 0 aliphatic carbocycles. The number of hydrogen-bond donors (Lipinski definition) is 1. The summed E-state index contributed by atoms with van der Waals surface area (Å²) < 4.78 is 15.5. The Morgan fingerprint density at radius 1 is 1.38 bits per heavy atom. The Balaban J connectivity index is 1.77. The number of methoxy groups -OCH3 is 1. The van der Waals surface area contributed by atoms with Gasteiger partial charge in [-0.05, 0) is 12.1 Å². The van der Waals surface area contributed by atoms with Gasteiger partial charge in [0.15, 0.2) is 0 Å². The van der Waals surface area contributed by atoms with Gasteiger partial charge in [-0.1, -0.05) is 17.3 Å². The normalized spacial score (nSPS) is 18.4. The number of morpholine rings is 1. The van der Waals surface area contributed by atoms with Crippen LogP contribution in [0.5, 0.6) is 0 Å². The van der Waals surface area contributed by atoms with E-state index in [-0.39, 0.29) is 12.1 Å². The molecule has 0 amide bonds. The molecule has 110 valence electrons. The lowest BCUT2D eigenvalue weighted by Crippen LogP contribution is -2.33. The van der Waals surface area contributed by atoms with Crippen LogP contribution in [0.1, 0.15) is 22.4 Å². The maximum Gasteiger partial charge on any atom is 0.337 e. The quantitative estimate of drug-likeness (QED) is 0.849. The zero-order valence-electron chi connectivity index (χ0n) is 11.5. The van der Waals surface area contributed by atoms with Crippen LogP contribution in [0.15, 0.2) is 28.8 Å². The molecule has 1 aromatic carbocycles. The maximum atomic E-state index is 11.4. The molecule has 7 heteroatoms. The SMILES string of the molecule is COC(=O)c1ccc(-c2noc([C@H]3CNCCO3)n2)cc1. The summed E-state index contributed by atoms with van der Waals surface area (Å²) in [6.45, 7) is 2.10. The monoisotopic (exact) mass is 289 g/mol. The molecule has 0 saturated carbocycles. The summed E-state index contributed by atoms with van der Waals surface area (Å²) in [5.41, 5.74) is 1.24. The summed E-state index contributed by atoms with van der Waals surface area (Å²) in [5, 5.41) is 7.15. The Morgan fingerprint density at radius 3 is 2.86 bits per heavy atom. The summed E-state index contributed by atoms with van der Waals surface area (Å²) in [6.07, 6.45) is -0.214. The molecule has 1 atom stereocenters. The molecule has 3 rings (SSSR count). The van der Waals surface area contributed by atoms with Gasteiger partial charge in [-0.3, -0.25) is 0 Å². The fourth-order valence-electron chi connectivity index (χ4n) is 2.08. The molecular weight excluding hydrogens is 274 g/mol. The van der Waals surface area contributed by atoms with Crippen LogP contribution in [0.4, 0.5) is 0 Å². The second kappa shape index (κ2) is 6.02. The molecule has 1 fully saturated rings. The fourth-order valence-corrected chi connectivity index (χ4v) is 2.08. The molecule has 0 radical (unpaired) electrons. The molecule has 0 spiro atoms. The number of esters is 1. The van der Waals surface area contributed by atoms with Gasteiger partial charge >= 0.3 is 5.97 Å². The number of hydrogen-bond acceptors (Lipinski definition) is 7. The average Bonchev–Trinajstić information content (AvgIpc) is 3.05. The second-order valence-electron chi connectivity index (χ2n) is 4.59. The minimum Gasteiger partial charge on any atom is -0.465 e. The summed E-state index contributed by atoms with van der Waals surface area (Å²) in [6, 6.07) is 6.83. The Hall–Kier alpha value is -2.25. The van der Waals surface area contributed by atoms with Crippen LogP contribution in [-0.4, -0.2) is 42.9 Å². The highest BCUT2D eigenvalue weighted by atomic mass is 16.5. The molecule has 0 unspecified atom stereocenters. The van der Waals surface area contributed by atoms with Crippen LogP contribution in [0.2, 0.25) is 0 Å². The van der Waals surface area contributed by atoms with Gasteiger partial charge in [0.1, 0.15) is 6.10 Å². The molecule has 1 N–H and O–H groups in total. The highest BCUT2D eigenvalue weighted by Crippen LogP contribution is 2.22. The smallest absolute Gasteiger partial charge is 0.337 e. The van der Waals surface area contributed by atoms with Crippen molar-refractivity contribution in [3.05, 3.63) is 35.7 Å². The van der Waals surface area contributed by atoms with Gasteiger partial charge in [0.25, 0.3) is 5.89 Å². The van der Waals surface area contributed by atoms with Crippen molar-refractivity contribution in [3.8, 4) is 11.4 Å². The molecular formula is C14H15N3O4. The number of carbonyl (C=O) groups is 1. The predicted molar refractivity (Wildman–Crippen MR) is 72.6 cm³/mol. The molecule has 2 heterocycles. The van der Waals surface area contributed by atoms with Crippen LogP contribution >= 0.6 is 0 Å². The van der Waals surface area contributed by atoms with E-state index in [0.717, 1.165) is 12.1 Å². The predicted octanol–water partition coefficient (Wildman–Crippen LogP) is 1.18. The van der Waals surface area contributed by atoms with Gasteiger partial charge < -0.3 is 19.3 Å². The van der Waals surface area contributed by atoms with E-state index in [1.807, 2.05) is 0 Å². The van der Waals surface area contributed by atoms with Gasteiger partial charge in [0.05, 0.1) is 19.3 Å². The third-order valence-electron chi connectivity index (χ3n) is 3.21. The standard InChI is InChI=1S/C14H15N3O4/c1-19-14(18)10-4-2-9(3-5-10)12-16-13(21-17-12)11-8-15-6-7-20-11/h2-5,11,15H,6-8H2,1H3/t11-/m1/s1. The number of ether oxygens (including phenoxy) is 2. The van der Waals surface area contributed by atoms with Gasteiger partial charge in [-0.15, -0.1) is 0 Å². The summed E-state index contributed by atoms with van der Waals surface area (Å²) >= 11 is 0. The summed E-state index contributed by atoms with van der Waals surface area (Å²) in [7, 11) is 1.35. The third-order valence-corrected chi connectivity index (χ3v) is 3.21. The largest absolute Gasteiger partial charge is 0.465 e. The van der Waals surface area contributed by atoms with E-state index >= 15 is 0 Å². The first-order chi connectivity index (χ1) is 10.3. The van der Waals surface area contributed by atoms with Crippen molar-refractivity contribution >= 4 is 5.97 Å². The van der Waals surface area contributed by atoms with Crippen LogP contribution in [0, 0.1) is 0 Å². The average molecular weight is 289 g/mol. The number of carbonyl (C=O) groups excluding carboxylic acids is 1. The van der Waals surface area contributed by atoms with Gasteiger partial charge in [0, 0.05) is 18.7 Å². The molecule has 1 aliphatic heterocycles. The lowest BCUT2D eigenvalue weighted by molar-refractivity contribution is 0.00755. The first kappa shape index (κ1) is 13.7. The lowest BCUT2D eigenvalue weighted by atomic mass is 10.1.